The predicted octanol–water partition coefficient (Wildman–Crippen LogP) is 2.81. The summed E-state index contributed by atoms with van der Waals surface area (Å²) in [6.45, 7) is 1.62. The Balaban J connectivity index is 1.66. The van der Waals surface area contributed by atoms with Gasteiger partial charge in [-0.2, -0.15) is 5.01 Å². The van der Waals surface area contributed by atoms with Crippen molar-refractivity contribution >= 4 is 17.3 Å². The zero-order valence-electron chi connectivity index (χ0n) is 14.3. The lowest BCUT2D eigenvalue weighted by Gasteiger charge is -2.19. The van der Waals surface area contributed by atoms with Crippen LogP contribution < -0.4 is 10.3 Å². The van der Waals surface area contributed by atoms with Gasteiger partial charge in [-0.25, -0.2) is 4.58 Å². The van der Waals surface area contributed by atoms with Crippen molar-refractivity contribution in [3.8, 4) is 0 Å². The van der Waals surface area contributed by atoms with Crippen LogP contribution >= 0.6 is 0 Å². The van der Waals surface area contributed by atoms with E-state index >= 15 is 0 Å². The van der Waals surface area contributed by atoms with Crippen LogP contribution in [0.2, 0.25) is 0 Å². The van der Waals surface area contributed by atoms with Crippen LogP contribution in [0.5, 0.6) is 0 Å². The fourth-order valence-electron chi connectivity index (χ4n) is 2.58. The molecule has 2 aromatic rings. The molecule has 0 saturated carbocycles. The van der Waals surface area contributed by atoms with Crippen molar-refractivity contribution in [2.45, 2.75) is 6.54 Å². The first-order valence-electron chi connectivity index (χ1n) is 7.95. The molecule has 0 unspecified atom stereocenters. The first-order chi connectivity index (χ1) is 11.6. The van der Waals surface area contributed by atoms with Crippen molar-refractivity contribution < 1.29 is 4.58 Å². The lowest BCUT2D eigenvalue weighted by molar-refractivity contribution is -0.493. The van der Waals surface area contributed by atoms with Gasteiger partial charge in [-0.3, -0.25) is 0 Å². The van der Waals surface area contributed by atoms with Crippen LogP contribution in [-0.2, 0) is 6.54 Å². The van der Waals surface area contributed by atoms with Crippen LogP contribution in [0.3, 0.4) is 0 Å². The first kappa shape index (κ1) is 16.1. The van der Waals surface area contributed by atoms with Crippen molar-refractivity contribution in [1.82, 2.24) is 10.4 Å². The molecule has 0 saturated heterocycles. The Morgan fingerprint density at radius 2 is 1.79 bits per heavy atom. The maximum Gasteiger partial charge on any atom is 0.430 e. The third kappa shape index (κ3) is 3.78. The van der Waals surface area contributed by atoms with Gasteiger partial charge < -0.3 is 4.90 Å². The fourth-order valence-corrected chi connectivity index (χ4v) is 2.58. The fraction of sp³-hybridized carbons (Fsp3) is 0.278. The molecular weight excluding hydrogens is 300 g/mol. The summed E-state index contributed by atoms with van der Waals surface area (Å²) >= 11 is 0. The summed E-state index contributed by atoms with van der Waals surface area (Å²) in [6, 6.07) is 18.6. The van der Waals surface area contributed by atoms with Gasteiger partial charge in [-0.05, 0) is 29.8 Å². The Bertz CT molecular complexity index is 736. The van der Waals surface area contributed by atoms with Crippen LogP contribution in [0, 0.1) is 0 Å². The lowest BCUT2D eigenvalue weighted by Crippen LogP contribution is -2.31. The summed E-state index contributed by atoms with van der Waals surface area (Å²) in [6.07, 6.45) is 0. The maximum absolute atomic E-state index is 4.32. The number of hydrogen-bond donors (Lipinski definition) is 1. The molecule has 0 radical (unpaired) electrons. The molecule has 6 nitrogen and oxygen atoms in total. The van der Waals surface area contributed by atoms with Crippen LogP contribution in [0.1, 0.15) is 5.56 Å². The summed E-state index contributed by atoms with van der Waals surface area (Å²) in [5.74, 6) is 0.806. The molecule has 0 fully saturated rings. The van der Waals surface area contributed by atoms with Crippen molar-refractivity contribution in [1.29, 1.82) is 0 Å². The average molecular weight is 323 g/mol. The van der Waals surface area contributed by atoms with Crippen LogP contribution in [0.25, 0.3) is 0 Å². The molecule has 6 heteroatoms. The Morgan fingerprint density at radius 3 is 2.42 bits per heavy atom. The second-order valence-corrected chi connectivity index (χ2v) is 5.93. The summed E-state index contributed by atoms with van der Waals surface area (Å²) < 4.78 is 2.01. The third-order valence-corrected chi connectivity index (χ3v) is 3.99. The predicted molar refractivity (Wildman–Crippen MR) is 96.5 cm³/mol. The van der Waals surface area contributed by atoms with Crippen LogP contribution in [0.4, 0.5) is 11.4 Å². The van der Waals surface area contributed by atoms with Gasteiger partial charge in [0.15, 0.2) is 0 Å². The number of azo groups is 1. The van der Waals surface area contributed by atoms with Crippen molar-refractivity contribution in [2.24, 2.45) is 10.2 Å². The van der Waals surface area contributed by atoms with E-state index in [1.807, 2.05) is 41.9 Å². The molecule has 0 aliphatic carbocycles. The molecule has 2 aromatic carbocycles. The molecule has 1 N–H and O–H groups in total. The van der Waals surface area contributed by atoms with E-state index in [0.29, 0.717) is 0 Å². The zero-order chi connectivity index (χ0) is 16.9. The largest absolute Gasteiger partial charge is 0.430 e. The number of hydrazine groups is 1. The third-order valence-electron chi connectivity index (χ3n) is 3.99. The van der Waals surface area contributed by atoms with Crippen LogP contribution in [0.15, 0.2) is 64.8 Å². The van der Waals surface area contributed by atoms with E-state index in [4.69, 9.17) is 0 Å². The SMILES string of the molecule is CN1NC[N+](C)=C1N=Nc1ccc(N(C)Cc2ccccc2)cc1. The second kappa shape index (κ2) is 7.23. The van der Waals surface area contributed by atoms with E-state index in [0.717, 1.165) is 30.5 Å². The topological polar surface area (TPSA) is 46.2 Å². The molecule has 0 aromatic heterocycles. The standard InChI is InChI=1S/C18H23N6/c1-22(13-15-7-5-4-6-8-15)17-11-9-16(10-12-17)20-21-18-23(2)14-19-24(18)3/h4-12,19H,13-14H2,1-3H3/q+1. The highest BCUT2D eigenvalue weighted by Gasteiger charge is 2.24. The highest BCUT2D eigenvalue weighted by molar-refractivity contribution is 5.75. The summed E-state index contributed by atoms with van der Waals surface area (Å²) in [5.41, 5.74) is 6.45. The van der Waals surface area contributed by atoms with Crippen molar-refractivity contribution in [2.75, 3.05) is 32.7 Å². The van der Waals surface area contributed by atoms with E-state index < -0.39 is 0 Å². The molecule has 1 aliphatic rings. The highest BCUT2D eigenvalue weighted by atomic mass is 15.6. The van der Waals surface area contributed by atoms with Gasteiger partial charge in [0.05, 0.1) is 14.1 Å². The number of hydrogen-bond acceptors (Lipinski definition) is 5. The van der Waals surface area contributed by atoms with Gasteiger partial charge in [-0.1, -0.05) is 35.4 Å². The van der Waals surface area contributed by atoms with Gasteiger partial charge in [0.25, 0.3) is 0 Å². The van der Waals surface area contributed by atoms with Crippen LogP contribution in [-0.4, -0.2) is 43.4 Å². The molecule has 0 spiro atoms. The Morgan fingerprint density at radius 1 is 1.08 bits per heavy atom. The van der Waals surface area contributed by atoms with E-state index in [1.165, 1.54) is 5.56 Å². The number of benzene rings is 2. The number of guanidine groups is 1. The summed E-state index contributed by atoms with van der Waals surface area (Å²) in [5, 5.41) is 10.5. The van der Waals surface area contributed by atoms with Gasteiger partial charge in [0, 0.05) is 24.4 Å². The molecule has 0 atom stereocenters. The number of anilines is 1. The summed E-state index contributed by atoms with van der Waals surface area (Å²) in [7, 11) is 6.00. The quantitative estimate of drug-likeness (QED) is 0.695. The Labute approximate surface area is 142 Å². The molecule has 24 heavy (non-hydrogen) atoms. The number of rotatable bonds is 4. The number of nitrogens with one attached hydrogen (secondary N) is 1. The number of nitrogens with zero attached hydrogens (tertiary/aromatic N) is 5. The minimum atomic E-state index is 0.744. The van der Waals surface area contributed by atoms with Crippen molar-refractivity contribution in [3.63, 3.8) is 0 Å². The Hall–Kier alpha value is -2.73. The lowest BCUT2D eigenvalue weighted by atomic mass is 10.2. The van der Waals surface area contributed by atoms with E-state index in [-0.39, 0.29) is 0 Å². The molecule has 124 valence electrons. The van der Waals surface area contributed by atoms with Gasteiger partial charge >= 0.3 is 5.96 Å². The minimum absolute atomic E-state index is 0.744. The van der Waals surface area contributed by atoms with Gasteiger partial charge in [0.1, 0.15) is 12.4 Å². The Kier molecular flexibility index (Phi) is 4.86. The first-order valence-corrected chi connectivity index (χ1v) is 7.95. The maximum atomic E-state index is 4.32. The highest BCUT2D eigenvalue weighted by Crippen LogP contribution is 2.21. The smallest absolute Gasteiger partial charge is 0.370 e. The molecule has 1 aliphatic heterocycles. The average Bonchev–Trinajstić information content (AvgIpc) is 2.92. The zero-order valence-corrected chi connectivity index (χ0v) is 14.3. The van der Waals surface area contributed by atoms with Gasteiger partial charge in [0.2, 0.25) is 0 Å². The molecular formula is C18H23N6+. The summed E-state index contributed by atoms with van der Waals surface area (Å²) in [4.78, 5) is 2.22. The molecule has 3 rings (SSSR count). The van der Waals surface area contributed by atoms with Gasteiger partial charge in [-0.15, -0.1) is 5.43 Å². The van der Waals surface area contributed by atoms with Crippen molar-refractivity contribution in [3.05, 3.63) is 60.2 Å². The van der Waals surface area contributed by atoms with E-state index in [9.17, 15) is 0 Å². The molecule has 0 amide bonds. The van der Waals surface area contributed by atoms with E-state index in [1.54, 1.807) is 0 Å². The van der Waals surface area contributed by atoms with E-state index in [2.05, 4.69) is 64.0 Å². The monoisotopic (exact) mass is 323 g/mol. The minimum Gasteiger partial charge on any atom is -0.370 e. The second-order valence-electron chi connectivity index (χ2n) is 5.93. The normalized spacial score (nSPS) is 14.7. The molecule has 0 bridgehead atoms. The molecule has 1 heterocycles.